The quantitative estimate of drug-likeness (QED) is 0.846. The second kappa shape index (κ2) is 5.43. The minimum atomic E-state index is -3.00. The molecule has 2 N–H and O–H groups in total. The monoisotopic (exact) mass is 272 g/mol. The number of amides is 2. The van der Waals surface area contributed by atoms with Crippen LogP contribution >= 0.6 is 0 Å². The highest BCUT2D eigenvalue weighted by Crippen LogP contribution is 2.11. The predicted molar refractivity (Wildman–Crippen MR) is 65.8 cm³/mol. The van der Waals surface area contributed by atoms with E-state index in [4.69, 9.17) is 4.42 Å². The van der Waals surface area contributed by atoms with E-state index in [1.165, 1.54) is 6.26 Å². The van der Waals surface area contributed by atoms with Crippen LogP contribution in [0.5, 0.6) is 0 Å². The molecule has 2 rings (SSSR count). The van der Waals surface area contributed by atoms with Gasteiger partial charge in [0.15, 0.2) is 9.84 Å². The minimum absolute atomic E-state index is 0.0289. The van der Waals surface area contributed by atoms with Crippen LogP contribution in [0.1, 0.15) is 18.6 Å². The molecule has 0 aromatic carbocycles. The Kier molecular flexibility index (Phi) is 3.90. The lowest BCUT2D eigenvalue weighted by Gasteiger charge is -2.22. The van der Waals surface area contributed by atoms with E-state index >= 15 is 0 Å². The van der Waals surface area contributed by atoms with Crippen molar-refractivity contribution in [3.05, 3.63) is 24.2 Å². The Morgan fingerprint density at radius 2 is 2.33 bits per heavy atom. The van der Waals surface area contributed by atoms with Gasteiger partial charge in [0.25, 0.3) is 0 Å². The van der Waals surface area contributed by atoms with Crippen LogP contribution in [0.4, 0.5) is 4.79 Å². The van der Waals surface area contributed by atoms with Crippen LogP contribution < -0.4 is 10.6 Å². The summed E-state index contributed by atoms with van der Waals surface area (Å²) in [6.45, 7) is 0.290. The van der Waals surface area contributed by atoms with Gasteiger partial charge in [0, 0.05) is 6.04 Å². The normalized spacial score (nSPS) is 22.3. The summed E-state index contributed by atoms with van der Waals surface area (Å²) in [5.74, 6) is 0.904. The van der Waals surface area contributed by atoms with Crippen molar-refractivity contribution in [1.82, 2.24) is 10.6 Å². The lowest BCUT2D eigenvalue weighted by atomic mass is 10.2. The zero-order chi connectivity index (χ0) is 13.0. The molecule has 0 saturated carbocycles. The SMILES string of the molecule is O=C(NCc1ccco1)N[C@H]1CCCS(=O)(=O)C1. The zero-order valence-corrected chi connectivity index (χ0v) is 10.7. The maximum atomic E-state index is 11.6. The molecule has 2 amide bonds. The molecule has 6 nitrogen and oxygen atoms in total. The molecule has 2 heterocycles. The van der Waals surface area contributed by atoms with Crippen molar-refractivity contribution in [2.24, 2.45) is 0 Å². The van der Waals surface area contributed by atoms with Crippen molar-refractivity contribution in [2.45, 2.75) is 25.4 Å². The number of urea groups is 1. The van der Waals surface area contributed by atoms with E-state index in [1.54, 1.807) is 12.1 Å². The summed E-state index contributed by atoms with van der Waals surface area (Å²) in [5, 5.41) is 5.29. The van der Waals surface area contributed by atoms with Crippen LogP contribution in [0, 0.1) is 0 Å². The number of nitrogens with one attached hydrogen (secondary N) is 2. The third-order valence-electron chi connectivity index (χ3n) is 2.80. The molecule has 0 bridgehead atoms. The van der Waals surface area contributed by atoms with Gasteiger partial charge in [0.2, 0.25) is 0 Å². The Morgan fingerprint density at radius 1 is 1.50 bits per heavy atom. The van der Waals surface area contributed by atoms with Crippen LogP contribution in [0.2, 0.25) is 0 Å². The molecule has 1 aliphatic heterocycles. The molecule has 0 radical (unpaired) electrons. The van der Waals surface area contributed by atoms with Gasteiger partial charge in [-0.1, -0.05) is 0 Å². The number of hydrogen-bond donors (Lipinski definition) is 2. The van der Waals surface area contributed by atoms with Gasteiger partial charge in [-0.3, -0.25) is 0 Å². The summed E-state index contributed by atoms with van der Waals surface area (Å²) in [4.78, 5) is 11.6. The topological polar surface area (TPSA) is 88.4 Å². The summed E-state index contributed by atoms with van der Waals surface area (Å²) in [5.41, 5.74) is 0. The number of furan rings is 1. The molecule has 0 spiro atoms. The van der Waals surface area contributed by atoms with Crippen molar-refractivity contribution in [1.29, 1.82) is 0 Å². The first-order valence-electron chi connectivity index (χ1n) is 5.82. The minimum Gasteiger partial charge on any atom is -0.467 e. The van der Waals surface area contributed by atoms with Gasteiger partial charge in [-0.25, -0.2) is 13.2 Å². The molecule has 0 aliphatic carbocycles. The van der Waals surface area contributed by atoms with E-state index in [9.17, 15) is 13.2 Å². The molecule has 18 heavy (non-hydrogen) atoms. The first kappa shape index (κ1) is 12.9. The van der Waals surface area contributed by atoms with Gasteiger partial charge in [-0.05, 0) is 25.0 Å². The van der Waals surface area contributed by atoms with Crippen LogP contribution in [0.25, 0.3) is 0 Å². The molecule has 1 aliphatic rings. The van der Waals surface area contributed by atoms with Gasteiger partial charge in [0.1, 0.15) is 5.76 Å². The molecule has 1 aromatic heterocycles. The maximum absolute atomic E-state index is 11.6. The van der Waals surface area contributed by atoms with E-state index in [0.717, 1.165) is 0 Å². The maximum Gasteiger partial charge on any atom is 0.315 e. The Balaban J connectivity index is 1.77. The molecule has 1 fully saturated rings. The highest BCUT2D eigenvalue weighted by atomic mass is 32.2. The Labute approximate surface area is 106 Å². The third-order valence-corrected chi connectivity index (χ3v) is 4.62. The van der Waals surface area contributed by atoms with Gasteiger partial charge in [0.05, 0.1) is 24.3 Å². The van der Waals surface area contributed by atoms with Crippen molar-refractivity contribution in [3.8, 4) is 0 Å². The average molecular weight is 272 g/mol. The van der Waals surface area contributed by atoms with E-state index < -0.39 is 9.84 Å². The number of carbonyl (C=O) groups excluding carboxylic acids is 1. The lowest BCUT2D eigenvalue weighted by molar-refractivity contribution is 0.235. The summed E-state index contributed by atoms with van der Waals surface area (Å²) in [6.07, 6.45) is 2.83. The Hall–Kier alpha value is -1.50. The second-order valence-corrected chi connectivity index (χ2v) is 6.59. The van der Waals surface area contributed by atoms with Crippen LogP contribution in [0.3, 0.4) is 0 Å². The van der Waals surface area contributed by atoms with Crippen molar-refractivity contribution >= 4 is 15.9 Å². The lowest BCUT2D eigenvalue weighted by Crippen LogP contribution is -2.47. The van der Waals surface area contributed by atoms with Crippen LogP contribution in [0.15, 0.2) is 22.8 Å². The Bertz CT molecular complexity index is 495. The first-order valence-corrected chi connectivity index (χ1v) is 7.64. The van der Waals surface area contributed by atoms with Gasteiger partial charge >= 0.3 is 6.03 Å². The van der Waals surface area contributed by atoms with E-state index in [0.29, 0.717) is 18.6 Å². The molecular formula is C11H16N2O4S. The first-order chi connectivity index (χ1) is 8.55. The highest BCUT2D eigenvalue weighted by Gasteiger charge is 2.25. The fraction of sp³-hybridized carbons (Fsp3) is 0.545. The zero-order valence-electron chi connectivity index (χ0n) is 9.89. The smallest absolute Gasteiger partial charge is 0.315 e. The number of carbonyl (C=O) groups is 1. The highest BCUT2D eigenvalue weighted by molar-refractivity contribution is 7.91. The third kappa shape index (κ3) is 3.76. The van der Waals surface area contributed by atoms with E-state index in [2.05, 4.69) is 10.6 Å². The number of rotatable bonds is 3. The van der Waals surface area contributed by atoms with E-state index in [1.807, 2.05) is 0 Å². The van der Waals surface area contributed by atoms with E-state index in [-0.39, 0.29) is 30.1 Å². The molecule has 0 unspecified atom stereocenters. The predicted octanol–water partition coefficient (Wildman–Crippen LogP) is 0.656. The summed E-state index contributed by atoms with van der Waals surface area (Å²) in [7, 11) is -3.00. The molecule has 1 atom stereocenters. The molecular weight excluding hydrogens is 256 g/mol. The summed E-state index contributed by atoms with van der Waals surface area (Å²) >= 11 is 0. The van der Waals surface area contributed by atoms with Crippen molar-refractivity contribution in [3.63, 3.8) is 0 Å². The van der Waals surface area contributed by atoms with Gasteiger partial charge < -0.3 is 15.1 Å². The number of sulfone groups is 1. The summed E-state index contributed by atoms with van der Waals surface area (Å²) in [6, 6.07) is 2.84. The molecule has 7 heteroatoms. The van der Waals surface area contributed by atoms with Gasteiger partial charge in [-0.15, -0.1) is 0 Å². The fourth-order valence-corrected chi connectivity index (χ4v) is 3.59. The molecule has 100 valence electrons. The standard InChI is InChI=1S/C11H16N2O4S/c14-11(12-7-10-4-1-5-17-10)13-9-3-2-6-18(15,16)8-9/h1,4-5,9H,2-3,6-8H2,(H2,12,13,14)/t9-/m0/s1. The molecule has 1 aromatic rings. The van der Waals surface area contributed by atoms with Crippen LogP contribution in [-0.4, -0.2) is 32.0 Å². The fourth-order valence-electron chi connectivity index (χ4n) is 1.95. The average Bonchev–Trinajstić information content (AvgIpc) is 2.77. The number of hydrogen-bond acceptors (Lipinski definition) is 4. The molecule has 1 saturated heterocycles. The van der Waals surface area contributed by atoms with Crippen LogP contribution in [-0.2, 0) is 16.4 Å². The Morgan fingerprint density at radius 3 is 3.00 bits per heavy atom. The summed E-state index contributed by atoms with van der Waals surface area (Å²) < 4.78 is 27.9. The van der Waals surface area contributed by atoms with Crippen molar-refractivity contribution < 1.29 is 17.6 Å². The largest absolute Gasteiger partial charge is 0.467 e. The van der Waals surface area contributed by atoms with Crippen molar-refractivity contribution in [2.75, 3.05) is 11.5 Å². The second-order valence-electron chi connectivity index (χ2n) is 4.36. The van der Waals surface area contributed by atoms with Gasteiger partial charge in [-0.2, -0.15) is 0 Å².